The summed E-state index contributed by atoms with van der Waals surface area (Å²) < 4.78 is 7.41. The summed E-state index contributed by atoms with van der Waals surface area (Å²) in [5, 5.41) is 7.44. The minimum absolute atomic E-state index is 0.671. The lowest BCUT2D eigenvalue weighted by Crippen LogP contribution is -2.03. The zero-order valence-corrected chi connectivity index (χ0v) is 8.28. The molecule has 0 saturated heterocycles. The number of hydrogen-bond acceptors (Lipinski definition) is 4. The Morgan fingerprint density at radius 3 is 2.87 bits per heavy atom. The number of nitrogens with zero attached hydrogens (tertiary/aromatic N) is 4. The molecule has 0 unspecified atom stereocenters. The molecule has 0 amide bonds. The second-order valence-corrected chi connectivity index (χ2v) is 3.09. The Morgan fingerprint density at radius 2 is 2.13 bits per heavy atom. The highest BCUT2D eigenvalue weighted by Gasteiger charge is 1.93. The molecule has 0 fully saturated rings. The molecule has 78 valence electrons. The van der Waals surface area contributed by atoms with Crippen molar-refractivity contribution < 1.29 is 4.74 Å². The van der Waals surface area contributed by atoms with Gasteiger partial charge in [0.2, 0.25) is 0 Å². The molecule has 0 aliphatic carbocycles. The first-order valence-corrected chi connectivity index (χ1v) is 4.80. The first kappa shape index (κ1) is 9.64. The predicted octanol–water partition coefficient (Wildman–Crippen LogP) is 1.14. The first-order chi connectivity index (χ1) is 7.45. The van der Waals surface area contributed by atoms with Crippen LogP contribution in [0, 0.1) is 0 Å². The van der Waals surface area contributed by atoms with E-state index in [0.29, 0.717) is 6.61 Å². The first-order valence-electron chi connectivity index (χ1n) is 4.80. The summed E-state index contributed by atoms with van der Waals surface area (Å²) in [4.78, 5) is 3.96. The maximum atomic E-state index is 5.49. The van der Waals surface area contributed by atoms with Crippen LogP contribution in [0.1, 0.15) is 6.42 Å². The van der Waals surface area contributed by atoms with E-state index in [2.05, 4.69) is 15.2 Å². The zero-order valence-electron chi connectivity index (χ0n) is 8.28. The fourth-order valence-electron chi connectivity index (χ4n) is 1.21. The highest BCUT2D eigenvalue weighted by Crippen LogP contribution is 2.06. The molecule has 2 aromatic rings. The lowest BCUT2D eigenvalue weighted by atomic mass is 10.4. The Morgan fingerprint density at radius 1 is 1.27 bits per heavy atom. The maximum absolute atomic E-state index is 5.49. The van der Waals surface area contributed by atoms with Gasteiger partial charge in [-0.2, -0.15) is 0 Å². The highest BCUT2D eigenvalue weighted by molar-refractivity contribution is 5.15. The van der Waals surface area contributed by atoms with Gasteiger partial charge in [0.05, 0.1) is 12.8 Å². The monoisotopic (exact) mass is 204 g/mol. The van der Waals surface area contributed by atoms with Crippen LogP contribution in [0.15, 0.2) is 37.2 Å². The summed E-state index contributed by atoms with van der Waals surface area (Å²) in [5.74, 6) is 0.807. The SMILES string of the molecule is c1cncc(OCCCn2cnnc2)c1. The van der Waals surface area contributed by atoms with Gasteiger partial charge in [-0.3, -0.25) is 4.98 Å². The van der Waals surface area contributed by atoms with E-state index in [1.165, 1.54) is 0 Å². The van der Waals surface area contributed by atoms with Crippen LogP contribution in [0.4, 0.5) is 0 Å². The molecule has 2 heterocycles. The summed E-state index contributed by atoms with van der Waals surface area (Å²) in [6.07, 6.45) is 7.75. The minimum Gasteiger partial charge on any atom is -0.492 e. The number of rotatable bonds is 5. The number of aryl methyl sites for hydroxylation is 1. The van der Waals surface area contributed by atoms with Crippen molar-refractivity contribution in [2.24, 2.45) is 0 Å². The summed E-state index contributed by atoms with van der Waals surface area (Å²) in [6, 6.07) is 3.75. The molecule has 15 heavy (non-hydrogen) atoms. The fraction of sp³-hybridized carbons (Fsp3) is 0.300. The van der Waals surface area contributed by atoms with Gasteiger partial charge in [0.1, 0.15) is 18.4 Å². The van der Waals surface area contributed by atoms with Crippen molar-refractivity contribution in [2.45, 2.75) is 13.0 Å². The van der Waals surface area contributed by atoms with Crippen LogP contribution in [-0.2, 0) is 6.54 Å². The van der Waals surface area contributed by atoms with E-state index in [-0.39, 0.29) is 0 Å². The number of pyridine rings is 1. The lowest BCUT2D eigenvalue weighted by molar-refractivity contribution is 0.300. The van der Waals surface area contributed by atoms with Crippen LogP contribution in [0.2, 0.25) is 0 Å². The van der Waals surface area contributed by atoms with Crippen molar-refractivity contribution in [1.29, 1.82) is 0 Å². The number of hydrogen-bond donors (Lipinski definition) is 0. The molecule has 0 spiro atoms. The lowest BCUT2D eigenvalue weighted by Gasteiger charge is -2.05. The largest absolute Gasteiger partial charge is 0.492 e. The molecule has 0 bridgehead atoms. The molecule has 2 aromatic heterocycles. The van der Waals surface area contributed by atoms with Crippen LogP contribution >= 0.6 is 0 Å². The molecule has 5 heteroatoms. The van der Waals surface area contributed by atoms with Gasteiger partial charge in [-0.1, -0.05) is 0 Å². The van der Waals surface area contributed by atoms with E-state index in [0.717, 1.165) is 18.7 Å². The highest BCUT2D eigenvalue weighted by atomic mass is 16.5. The molecule has 0 radical (unpaired) electrons. The average Bonchev–Trinajstić information content (AvgIpc) is 2.79. The van der Waals surface area contributed by atoms with Crippen LogP contribution in [-0.4, -0.2) is 26.4 Å². The summed E-state index contributed by atoms with van der Waals surface area (Å²) >= 11 is 0. The predicted molar refractivity (Wildman–Crippen MR) is 54.4 cm³/mol. The Hall–Kier alpha value is -1.91. The summed E-state index contributed by atoms with van der Waals surface area (Å²) in [7, 11) is 0. The third-order valence-electron chi connectivity index (χ3n) is 1.93. The van der Waals surface area contributed by atoms with Gasteiger partial charge in [0, 0.05) is 12.7 Å². The van der Waals surface area contributed by atoms with Crippen LogP contribution in [0.3, 0.4) is 0 Å². The van der Waals surface area contributed by atoms with Crippen molar-refractivity contribution >= 4 is 0 Å². The number of aromatic nitrogens is 4. The molecular weight excluding hydrogens is 192 g/mol. The van der Waals surface area contributed by atoms with Crippen molar-refractivity contribution in [2.75, 3.05) is 6.61 Å². The number of ether oxygens (including phenoxy) is 1. The van der Waals surface area contributed by atoms with Gasteiger partial charge < -0.3 is 9.30 Å². The van der Waals surface area contributed by atoms with Crippen LogP contribution in [0.25, 0.3) is 0 Å². The second-order valence-electron chi connectivity index (χ2n) is 3.09. The second kappa shape index (κ2) is 5.09. The van der Waals surface area contributed by atoms with Gasteiger partial charge in [0.25, 0.3) is 0 Å². The van der Waals surface area contributed by atoms with Crippen molar-refractivity contribution in [3.63, 3.8) is 0 Å². The van der Waals surface area contributed by atoms with E-state index in [1.54, 1.807) is 25.0 Å². The summed E-state index contributed by atoms with van der Waals surface area (Å²) in [6.45, 7) is 1.54. The third-order valence-corrected chi connectivity index (χ3v) is 1.93. The fourth-order valence-corrected chi connectivity index (χ4v) is 1.21. The standard InChI is InChI=1S/C10H12N4O/c1-3-10(7-11-4-1)15-6-2-5-14-8-12-13-9-14/h1,3-4,7-9H,2,5-6H2. The topological polar surface area (TPSA) is 52.8 Å². The van der Waals surface area contributed by atoms with E-state index >= 15 is 0 Å². The van der Waals surface area contributed by atoms with Crippen molar-refractivity contribution in [3.05, 3.63) is 37.2 Å². The van der Waals surface area contributed by atoms with Crippen molar-refractivity contribution in [1.82, 2.24) is 19.7 Å². The molecule has 0 atom stereocenters. The molecule has 0 aromatic carbocycles. The molecule has 0 aliphatic heterocycles. The normalized spacial score (nSPS) is 10.1. The van der Waals surface area contributed by atoms with Gasteiger partial charge in [0.15, 0.2) is 0 Å². The third kappa shape index (κ3) is 3.05. The molecule has 0 saturated carbocycles. The quantitative estimate of drug-likeness (QED) is 0.685. The molecule has 2 rings (SSSR count). The molecule has 5 nitrogen and oxygen atoms in total. The van der Waals surface area contributed by atoms with Crippen LogP contribution in [0.5, 0.6) is 5.75 Å². The van der Waals surface area contributed by atoms with E-state index in [4.69, 9.17) is 4.74 Å². The Kier molecular flexibility index (Phi) is 3.27. The zero-order chi connectivity index (χ0) is 10.3. The Labute approximate surface area is 87.7 Å². The minimum atomic E-state index is 0.671. The van der Waals surface area contributed by atoms with Crippen LogP contribution < -0.4 is 4.74 Å². The smallest absolute Gasteiger partial charge is 0.137 e. The van der Waals surface area contributed by atoms with E-state index < -0.39 is 0 Å². The maximum Gasteiger partial charge on any atom is 0.137 e. The Balaban J connectivity index is 1.68. The van der Waals surface area contributed by atoms with Gasteiger partial charge in [-0.15, -0.1) is 10.2 Å². The van der Waals surface area contributed by atoms with Crippen molar-refractivity contribution in [3.8, 4) is 5.75 Å². The van der Waals surface area contributed by atoms with E-state index in [9.17, 15) is 0 Å². The Bertz CT molecular complexity index is 374. The molecule has 0 N–H and O–H groups in total. The summed E-state index contributed by atoms with van der Waals surface area (Å²) in [5.41, 5.74) is 0. The molecule has 0 aliphatic rings. The van der Waals surface area contributed by atoms with Gasteiger partial charge in [-0.25, -0.2) is 0 Å². The molecular formula is C10H12N4O. The van der Waals surface area contributed by atoms with Gasteiger partial charge in [-0.05, 0) is 18.6 Å². The van der Waals surface area contributed by atoms with E-state index in [1.807, 2.05) is 16.7 Å². The van der Waals surface area contributed by atoms with Gasteiger partial charge >= 0.3 is 0 Å². The average molecular weight is 204 g/mol.